The summed E-state index contributed by atoms with van der Waals surface area (Å²) in [5.41, 5.74) is 4.82. The quantitative estimate of drug-likeness (QED) is 0.242. The summed E-state index contributed by atoms with van der Waals surface area (Å²) in [5.74, 6) is 2.59. The molecule has 0 unspecified atom stereocenters. The first kappa shape index (κ1) is 38.8. The molecule has 52 heavy (non-hydrogen) atoms. The number of carboxylic acids is 1. The second-order valence-electron chi connectivity index (χ2n) is 21.0. The van der Waals surface area contributed by atoms with Crippen molar-refractivity contribution in [2.45, 2.75) is 149 Å². The van der Waals surface area contributed by atoms with E-state index in [9.17, 15) is 18.3 Å². The topological polar surface area (TPSA) is 86.7 Å². The first-order valence-electron chi connectivity index (χ1n) is 21.2. The number of piperidine rings is 1. The molecule has 0 aromatic heterocycles. The van der Waals surface area contributed by atoms with Crippen molar-refractivity contribution >= 4 is 15.8 Å². The SMILES string of the molecule is C=C(C)[C@@H]1CC[C@]2(NCCN3CCC(S(C)(=O)=O)CC3)CC[C@]3(C)[C@H](CC[C@@H]4[C@@]5(C)CC=C(C6=CC[C@@](C)(C(=O)O)CC6)C(C)(C)[C@@H]5CC[C@]43C)[C@@H]12. The van der Waals surface area contributed by atoms with Gasteiger partial charge >= 0.3 is 5.97 Å². The predicted octanol–water partition coefficient (Wildman–Crippen LogP) is 9.23. The molecule has 1 heterocycles. The molecule has 0 radical (unpaired) electrons. The van der Waals surface area contributed by atoms with Gasteiger partial charge in [0.1, 0.15) is 9.84 Å². The van der Waals surface area contributed by atoms with Gasteiger partial charge in [-0.15, -0.1) is 0 Å². The van der Waals surface area contributed by atoms with Gasteiger partial charge in [-0.25, -0.2) is 8.42 Å². The van der Waals surface area contributed by atoms with E-state index in [1.165, 1.54) is 74.3 Å². The molecule has 5 fully saturated rings. The molecule has 6 aliphatic carbocycles. The molecule has 0 aromatic rings. The third kappa shape index (κ3) is 5.89. The van der Waals surface area contributed by atoms with Crippen molar-refractivity contribution in [3.63, 3.8) is 0 Å². The lowest BCUT2D eigenvalue weighted by molar-refractivity contribution is -0.221. The lowest BCUT2D eigenvalue weighted by Gasteiger charge is -2.72. The molecule has 0 amide bonds. The molecule has 1 aliphatic heterocycles. The third-order valence-corrected chi connectivity index (χ3v) is 20.0. The molecule has 0 aromatic carbocycles. The van der Waals surface area contributed by atoms with Gasteiger partial charge in [0.25, 0.3) is 0 Å². The van der Waals surface area contributed by atoms with E-state index in [1.807, 2.05) is 6.92 Å². The Morgan fingerprint density at radius 2 is 1.60 bits per heavy atom. The van der Waals surface area contributed by atoms with Crippen LogP contribution in [0.25, 0.3) is 0 Å². The van der Waals surface area contributed by atoms with Crippen molar-refractivity contribution in [2.24, 2.45) is 56.7 Å². The number of likely N-dealkylation sites (tertiary alicyclic amines) is 1. The highest BCUT2D eigenvalue weighted by Gasteiger charge is 2.70. The van der Waals surface area contributed by atoms with Gasteiger partial charge in [-0.3, -0.25) is 4.79 Å². The molecule has 7 aliphatic rings. The molecule has 292 valence electrons. The first-order chi connectivity index (χ1) is 24.2. The number of fused-ring (bicyclic) bond motifs is 7. The number of sulfone groups is 1. The number of hydrogen-bond acceptors (Lipinski definition) is 5. The van der Waals surface area contributed by atoms with Crippen molar-refractivity contribution in [3.8, 4) is 0 Å². The van der Waals surface area contributed by atoms with Crippen LogP contribution in [0.5, 0.6) is 0 Å². The molecule has 6 nitrogen and oxygen atoms in total. The van der Waals surface area contributed by atoms with Crippen molar-refractivity contribution in [1.82, 2.24) is 10.2 Å². The Labute approximate surface area is 317 Å². The van der Waals surface area contributed by atoms with Crippen molar-refractivity contribution in [3.05, 3.63) is 35.5 Å². The highest BCUT2D eigenvalue weighted by Crippen LogP contribution is 2.76. The third-order valence-electron chi connectivity index (χ3n) is 18.3. The minimum absolute atomic E-state index is 0.0804. The lowest BCUT2D eigenvalue weighted by Crippen LogP contribution is -2.68. The molecule has 0 bridgehead atoms. The molecule has 0 spiro atoms. The summed E-state index contributed by atoms with van der Waals surface area (Å²) in [7, 11) is -2.95. The maximum atomic E-state index is 12.1. The van der Waals surface area contributed by atoms with Gasteiger partial charge in [-0.2, -0.15) is 0 Å². The largest absolute Gasteiger partial charge is 0.481 e. The number of carbonyl (C=O) groups is 1. The first-order valence-corrected chi connectivity index (χ1v) is 23.1. The highest BCUT2D eigenvalue weighted by atomic mass is 32.2. The Bertz CT molecular complexity index is 1620. The summed E-state index contributed by atoms with van der Waals surface area (Å²) >= 11 is 0. The van der Waals surface area contributed by atoms with E-state index in [0.717, 1.165) is 58.3 Å². The van der Waals surface area contributed by atoms with E-state index < -0.39 is 21.2 Å². The van der Waals surface area contributed by atoms with Crippen molar-refractivity contribution in [2.75, 3.05) is 32.4 Å². The van der Waals surface area contributed by atoms with Crippen LogP contribution in [0.15, 0.2) is 35.5 Å². The fraction of sp³-hybridized carbons (Fsp3) is 0.844. The minimum Gasteiger partial charge on any atom is -0.481 e. The van der Waals surface area contributed by atoms with Crippen molar-refractivity contribution < 1.29 is 18.3 Å². The molecule has 7 rings (SSSR count). The van der Waals surface area contributed by atoms with Crippen LogP contribution in [0.4, 0.5) is 0 Å². The Kier molecular flexibility index (Phi) is 9.76. The second-order valence-corrected chi connectivity index (χ2v) is 23.3. The van der Waals surface area contributed by atoms with Crippen molar-refractivity contribution in [1.29, 1.82) is 0 Å². The second kappa shape index (κ2) is 13.1. The van der Waals surface area contributed by atoms with Crippen LogP contribution < -0.4 is 5.32 Å². The fourth-order valence-electron chi connectivity index (χ4n) is 15.0. The zero-order chi connectivity index (χ0) is 37.7. The molecule has 7 heteroatoms. The Morgan fingerprint density at radius 3 is 2.21 bits per heavy atom. The van der Waals surface area contributed by atoms with Crippen LogP contribution in [0.3, 0.4) is 0 Å². The summed E-state index contributed by atoms with van der Waals surface area (Å²) in [6.07, 6.45) is 21.6. The summed E-state index contributed by atoms with van der Waals surface area (Å²) in [5, 5.41) is 14.0. The van der Waals surface area contributed by atoms with Crippen LogP contribution in [0.1, 0.15) is 138 Å². The van der Waals surface area contributed by atoms with Crippen LogP contribution >= 0.6 is 0 Å². The monoisotopic (exact) mass is 737 g/mol. The predicted molar refractivity (Wildman–Crippen MR) is 213 cm³/mol. The van der Waals surface area contributed by atoms with Gasteiger partial charge in [-0.05, 0) is 179 Å². The molecule has 4 saturated carbocycles. The summed E-state index contributed by atoms with van der Waals surface area (Å²) < 4.78 is 24.3. The molecule has 1 saturated heterocycles. The smallest absolute Gasteiger partial charge is 0.309 e. The van der Waals surface area contributed by atoms with Gasteiger partial charge in [-0.1, -0.05) is 58.9 Å². The highest BCUT2D eigenvalue weighted by molar-refractivity contribution is 7.91. The number of hydrogen-bond donors (Lipinski definition) is 2. The molecular formula is C45H72N2O4S. The zero-order valence-corrected chi connectivity index (χ0v) is 34.9. The Balaban J connectivity index is 1.11. The number of aliphatic carboxylic acids is 1. The lowest BCUT2D eigenvalue weighted by atomic mass is 9.33. The number of nitrogens with one attached hydrogen (secondary N) is 1. The van der Waals surface area contributed by atoms with Gasteiger partial charge in [0.2, 0.25) is 0 Å². The van der Waals surface area contributed by atoms with E-state index >= 15 is 0 Å². The van der Waals surface area contributed by atoms with Gasteiger partial charge < -0.3 is 15.3 Å². The van der Waals surface area contributed by atoms with Crippen LogP contribution in [0.2, 0.25) is 0 Å². The Hall–Kier alpha value is -1.44. The zero-order valence-electron chi connectivity index (χ0n) is 34.1. The number of carboxylic acid groups (broad SMARTS) is 1. The average Bonchev–Trinajstić information content (AvgIpc) is 3.45. The van der Waals surface area contributed by atoms with E-state index in [4.69, 9.17) is 0 Å². The number of allylic oxidation sites excluding steroid dienone is 5. The van der Waals surface area contributed by atoms with E-state index in [2.05, 4.69) is 70.5 Å². The van der Waals surface area contributed by atoms with E-state index in [1.54, 1.807) is 0 Å². The normalized spacial score (nSPS) is 45.1. The van der Waals surface area contributed by atoms with Gasteiger partial charge in [0.15, 0.2) is 0 Å². The van der Waals surface area contributed by atoms with Crippen LogP contribution in [0, 0.1) is 56.7 Å². The number of rotatable bonds is 8. The molecule has 10 atom stereocenters. The summed E-state index contributed by atoms with van der Waals surface area (Å²) in [6.45, 7) is 25.8. The van der Waals surface area contributed by atoms with E-state index in [0.29, 0.717) is 46.8 Å². The minimum atomic E-state index is -2.95. The summed E-state index contributed by atoms with van der Waals surface area (Å²) in [4.78, 5) is 14.5. The van der Waals surface area contributed by atoms with Gasteiger partial charge in [0, 0.05) is 24.9 Å². The number of nitrogens with zero attached hydrogens (tertiary/aromatic N) is 1. The maximum Gasteiger partial charge on any atom is 0.309 e. The molecular weight excluding hydrogens is 665 g/mol. The Morgan fingerprint density at radius 1 is 0.885 bits per heavy atom. The fourth-order valence-corrected chi connectivity index (χ4v) is 16.1. The standard InChI is InChI=1S/C45H72N2O4S/c1-30(2)33-14-23-45(46-26-29-47-27-17-32(18-28-47)52(9,50)51)25-24-43(7)35(38(33)45)10-11-37-42(6)21-15-34(31-12-19-41(5,20-13-31)39(48)49)40(3,4)36(42)16-22-44(37,43)8/h12,15,32-33,35-38,46H,1,10-11,13-14,16-29H2,2-9H3,(H,48,49)/t33-,35+,36-,37+,38+,41+,42-,43+,44+,45-/m0/s1. The summed E-state index contributed by atoms with van der Waals surface area (Å²) in [6, 6.07) is 0. The maximum absolute atomic E-state index is 12.1. The van der Waals surface area contributed by atoms with Crippen LogP contribution in [-0.2, 0) is 14.6 Å². The van der Waals surface area contributed by atoms with Crippen LogP contribution in [-0.4, -0.2) is 67.6 Å². The van der Waals surface area contributed by atoms with Gasteiger partial charge in [0.05, 0.1) is 10.7 Å². The average molecular weight is 737 g/mol. The molecule has 2 N–H and O–H groups in total. The van der Waals surface area contributed by atoms with E-state index in [-0.39, 0.29) is 21.6 Å².